The van der Waals surface area contributed by atoms with Crippen molar-refractivity contribution in [2.24, 2.45) is 0 Å². The maximum atomic E-state index is 12.8. The number of hydrogen-bond acceptors (Lipinski definition) is 4. The van der Waals surface area contributed by atoms with Gasteiger partial charge in [-0.2, -0.15) is 0 Å². The van der Waals surface area contributed by atoms with E-state index in [-0.39, 0.29) is 23.2 Å². The molecule has 180 valence electrons. The topological polar surface area (TPSA) is 70.6 Å². The van der Waals surface area contributed by atoms with Crippen molar-refractivity contribution in [2.75, 3.05) is 17.7 Å². The fourth-order valence-corrected chi connectivity index (χ4v) is 3.81. The van der Waals surface area contributed by atoms with Crippen molar-refractivity contribution in [3.8, 4) is 11.5 Å². The minimum Gasteiger partial charge on any atom is -0.507 e. The molecule has 0 saturated carbocycles. The van der Waals surface area contributed by atoms with E-state index in [0.717, 1.165) is 39.5 Å². The third-order valence-corrected chi connectivity index (χ3v) is 5.70. The fraction of sp³-hybridized carbons (Fsp3) is 0.345. The lowest BCUT2D eigenvalue weighted by molar-refractivity contribution is -0.115. The molecule has 5 heteroatoms. The molecule has 3 N–H and O–H groups in total. The Balaban J connectivity index is 1.71. The Bertz CT molecular complexity index is 1100. The Kier molecular flexibility index (Phi) is 7.25. The van der Waals surface area contributed by atoms with Crippen LogP contribution >= 0.6 is 0 Å². The fourth-order valence-electron chi connectivity index (χ4n) is 3.81. The lowest BCUT2D eigenvalue weighted by atomic mass is 9.78. The first-order chi connectivity index (χ1) is 15.9. The number of aromatic hydroxyl groups is 1. The van der Waals surface area contributed by atoms with E-state index in [1.807, 2.05) is 60.7 Å². The van der Waals surface area contributed by atoms with Crippen LogP contribution in [0.4, 0.5) is 17.1 Å². The van der Waals surface area contributed by atoms with Gasteiger partial charge < -0.3 is 20.5 Å². The summed E-state index contributed by atoms with van der Waals surface area (Å²) in [5, 5.41) is 17.2. The van der Waals surface area contributed by atoms with Crippen LogP contribution in [-0.4, -0.2) is 18.1 Å². The second-order valence-corrected chi connectivity index (χ2v) is 10.7. The number of carbonyl (C=O) groups excluding carboxylic acids is 1. The maximum Gasteiger partial charge on any atom is 0.228 e. The Morgan fingerprint density at radius 3 is 1.68 bits per heavy atom. The van der Waals surface area contributed by atoms with E-state index in [9.17, 15) is 9.90 Å². The van der Waals surface area contributed by atoms with Crippen molar-refractivity contribution < 1.29 is 14.6 Å². The largest absolute Gasteiger partial charge is 0.507 e. The van der Waals surface area contributed by atoms with Crippen molar-refractivity contribution in [3.63, 3.8) is 0 Å². The molecular formula is C29H36N2O3. The summed E-state index contributed by atoms with van der Waals surface area (Å²) in [6.45, 7) is 12.4. The summed E-state index contributed by atoms with van der Waals surface area (Å²) in [5.74, 6) is 1.03. The highest BCUT2D eigenvalue weighted by Gasteiger charge is 2.26. The Labute approximate surface area is 203 Å². The zero-order chi connectivity index (χ0) is 25.1. The third kappa shape index (κ3) is 6.31. The molecule has 3 aromatic carbocycles. The number of anilines is 3. The van der Waals surface area contributed by atoms with Crippen LogP contribution < -0.4 is 15.4 Å². The van der Waals surface area contributed by atoms with Gasteiger partial charge in [0.2, 0.25) is 5.91 Å². The van der Waals surface area contributed by atoms with E-state index < -0.39 is 0 Å². The van der Waals surface area contributed by atoms with Gasteiger partial charge in [0.1, 0.15) is 11.5 Å². The highest BCUT2D eigenvalue weighted by Crippen LogP contribution is 2.40. The molecule has 0 fully saturated rings. The summed E-state index contributed by atoms with van der Waals surface area (Å²) in [5.41, 5.74) is 4.75. The van der Waals surface area contributed by atoms with Crippen LogP contribution in [0, 0.1) is 0 Å². The lowest BCUT2D eigenvalue weighted by Gasteiger charge is -2.28. The molecule has 0 spiro atoms. The van der Waals surface area contributed by atoms with Crippen LogP contribution in [0.25, 0.3) is 0 Å². The van der Waals surface area contributed by atoms with Gasteiger partial charge in [0, 0.05) is 17.1 Å². The predicted octanol–water partition coefficient (Wildman–Crippen LogP) is 6.92. The number of nitrogens with one attached hydrogen (secondary N) is 2. The quantitative estimate of drug-likeness (QED) is 0.373. The smallest absolute Gasteiger partial charge is 0.228 e. The molecule has 0 aromatic heterocycles. The molecule has 0 atom stereocenters. The molecule has 0 bridgehead atoms. The number of rotatable bonds is 6. The Hall–Kier alpha value is -3.47. The number of amides is 1. The minimum atomic E-state index is -0.233. The second kappa shape index (κ2) is 9.80. The summed E-state index contributed by atoms with van der Waals surface area (Å²) >= 11 is 0. The second-order valence-electron chi connectivity index (χ2n) is 10.7. The molecule has 0 unspecified atom stereocenters. The standard InChI is InChI=1S/C29H36N2O3/c1-28(2,3)24-16-19(17-25(27(24)33)29(4,5)6)18-26(32)31-22-10-8-20(9-11-22)30-21-12-14-23(34-7)15-13-21/h8-17,30,33H,18H2,1-7H3,(H,31,32). The Morgan fingerprint density at radius 1 is 0.794 bits per heavy atom. The number of hydrogen-bond donors (Lipinski definition) is 3. The van der Waals surface area contributed by atoms with Gasteiger partial charge in [0.25, 0.3) is 0 Å². The first-order valence-corrected chi connectivity index (χ1v) is 11.5. The monoisotopic (exact) mass is 460 g/mol. The van der Waals surface area contributed by atoms with Crippen LogP contribution in [0.15, 0.2) is 60.7 Å². The van der Waals surface area contributed by atoms with Gasteiger partial charge in [-0.25, -0.2) is 0 Å². The molecule has 3 rings (SSSR count). The van der Waals surface area contributed by atoms with Crippen molar-refractivity contribution in [1.82, 2.24) is 0 Å². The highest BCUT2D eigenvalue weighted by atomic mass is 16.5. The molecule has 0 aliphatic carbocycles. The number of carbonyl (C=O) groups is 1. The molecule has 1 amide bonds. The van der Waals surface area contributed by atoms with Crippen molar-refractivity contribution in [1.29, 1.82) is 0 Å². The molecular weight excluding hydrogens is 424 g/mol. The van der Waals surface area contributed by atoms with Gasteiger partial charge in [-0.05, 0) is 76.1 Å². The SMILES string of the molecule is COc1ccc(Nc2ccc(NC(=O)Cc3cc(C(C)(C)C)c(O)c(C(C)(C)C)c3)cc2)cc1. The number of methoxy groups -OCH3 is 1. The summed E-state index contributed by atoms with van der Waals surface area (Å²) in [6.07, 6.45) is 0.234. The molecule has 5 nitrogen and oxygen atoms in total. The molecule has 3 aromatic rings. The average Bonchev–Trinajstić information content (AvgIpc) is 2.75. The van der Waals surface area contributed by atoms with Gasteiger partial charge >= 0.3 is 0 Å². The van der Waals surface area contributed by atoms with E-state index in [4.69, 9.17) is 4.74 Å². The molecule has 0 saturated heterocycles. The van der Waals surface area contributed by atoms with Crippen LogP contribution in [0.1, 0.15) is 58.2 Å². The summed E-state index contributed by atoms with van der Waals surface area (Å²) in [4.78, 5) is 12.8. The van der Waals surface area contributed by atoms with Crippen molar-refractivity contribution in [2.45, 2.75) is 58.8 Å². The van der Waals surface area contributed by atoms with E-state index >= 15 is 0 Å². The normalized spacial score (nSPS) is 11.7. The number of phenolic OH excluding ortho intramolecular Hbond substituents is 1. The lowest BCUT2D eigenvalue weighted by Crippen LogP contribution is -2.20. The van der Waals surface area contributed by atoms with Gasteiger partial charge in [-0.3, -0.25) is 4.79 Å². The first-order valence-electron chi connectivity index (χ1n) is 11.5. The van der Waals surface area contributed by atoms with Crippen LogP contribution in [0.2, 0.25) is 0 Å². The van der Waals surface area contributed by atoms with E-state index in [1.54, 1.807) is 7.11 Å². The third-order valence-electron chi connectivity index (χ3n) is 5.70. The molecule has 0 aliphatic heterocycles. The summed E-state index contributed by atoms with van der Waals surface area (Å²) in [6, 6.07) is 19.2. The summed E-state index contributed by atoms with van der Waals surface area (Å²) in [7, 11) is 1.64. The van der Waals surface area contributed by atoms with Crippen LogP contribution in [-0.2, 0) is 22.0 Å². The Morgan fingerprint density at radius 2 is 1.24 bits per heavy atom. The molecule has 34 heavy (non-hydrogen) atoms. The maximum absolute atomic E-state index is 12.8. The number of ether oxygens (including phenoxy) is 1. The van der Waals surface area contributed by atoms with E-state index in [1.165, 1.54) is 0 Å². The summed E-state index contributed by atoms with van der Waals surface area (Å²) < 4.78 is 5.19. The van der Waals surface area contributed by atoms with Gasteiger partial charge in [-0.15, -0.1) is 0 Å². The van der Waals surface area contributed by atoms with Gasteiger partial charge in [0.15, 0.2) is 0 Å². The highest BCUT2D eigenvalue weighted by molar-refractivity contribution is 5.92. The zero-order valence-electron chi connectivity index (χ0n) is 21.2. The van der Waals surface area contributed by atoms with E-state index in [0.29, 0.717) is 5.75 Å². The van der Waals surface area contributed by atoms with Gasteiger partial charge in [-0.1, -0.05) is 53.7 Å². The van der Waals surface area contributed by atoms with Gasteiger partial charge in [0.05, 0.1) is 13.5 Å². The average molecular weight is 461 g/mol. The van der Waals surface area contributed by atoms with Crippen LogP contribution in [0.5, 0.6) is 11.5 Å². The number of benzene rings is 3. The molecule has 0 aliphatic rings. The molecule has 0 heterocycles. The van der Waals surface area contributed by atoms with E-state index in [2.05, 4.69) is 52.2 Å². The zero-order valence-corrected chi connectivity index (χ0v) is 21.2. The minimum absolute atomic E-state index is 0.0960. The molecule has 0 radical (unpaired) electrons. The number of phenols is 1. The first kappa shape index (κ1) is 25.2. The van der Waals surface area contributed by atoms with Crippen molar-refractivity contribution >= 4 is 23.0 Å². The van der Waals surface area contributed by atoms with Crippen LogP contribution in [0.3, 0.4) is 0 Å². The van der Waals surface area contributed by atoms with Crippen molar-refractivity contribution in [3.05, 3.63) is 77.4 Å². The predicted molar refractivity (Wildman–Crippen MR) is 141 cm³/mol.